The molecule has 3 aromatic heterocycles. The lowest BCUT2D eigenvalue weighted by Gasteiger charge is -2.12. The first-order valence-corrected chi connectivity index (χ1v) is 17.3. The lowest BCUT2D eigenvalue weighted by atomic mass is 9.92. The lowest BCUT2D eigenvalue weighted by Crippen LogP contribution is -1.87. The van der Waals surface area contributed by atoms with Gasteiger partial charge in [0.1, 0.15) is 22.3 Å². The number of nitrogens with one attached hydrogen (secondary N) is 1. The fraction of sp³-hybridized carbons (Fsp3) is 0. The van der Waals surface area contributed by atoms with Gasteiger partial charge in [-0.05, 0) is 52.6 Å². The number of benzene rings is 8. The van der Waals surface area contributed by atoms with Crippen LogP contribution in [-0.4, -0.2) is 4.98 Å². The minimum atomic E-state index is 0.857. The summed E-state index contributed by atoms with van der Waals surface area (Å²) in [5, 5.41) is 6.85. The topological polar surface area (TPSA) is 42.1 Å². The summed E-state index contributed by atoms with van der Waals surface area (Å²) in [4.78, 5) is 3.73. The summed E-state index contributed by atoms with van der Waals surface area (Å²) in [6.45, 7) is 0. The summed E-state index contributed by atoms with van der Waals surface area (Å²) in [6, 6.07) is 60.2. The van der Waals surface area contributed by atoms with E-state index in [4.69, 9.17) is 8.83 Å². The van der Waals surface area contributed by atoms with Crippen LogP contribution in [0.1, 0.15) is 0 Å². The molecule has 3 heteroatoms. The van der Waals surface area contributed by atoms with Crippen molar-refractivity contribution in [2.45, 2.75) is 0 Å². The van der Waals surface area contributed by atoms with E-state index in [9.17, 15) is 0 Å². The predicted octanol–water partition coefficient (Wildman–Crippen LogP) is 13.8. The van der Waals surface area contributed by atoms with E-state index in [0.29, 0.717) is 0 Å². The van der Waals surface area contributed by atoms with Gasteiger partial charge in [0.05, 0.1) is 5.52 Å². The molecule has 0 fully saturated rings. The van der Waals surface area contributed by atoms with Gasteiger partial charge in [0, 0.05) is 60.1 Å². The molecule has 0 aliphatic rings. The zero-order chi connectivity index (χ0) is 33.5. The van der Waals surface area contributed by atoms with E-state index in [0.717, 1.165) is 88.3 Å². The number of aromatic nitrogens is 1. The molecule has 0 bridgehead atoms. The highest BCUT2D eigenvalue weighted by atomic mass is 16.3. The average Bonchev–Trinajstić information content (AvgIpc) is 3.89. The molecule has 0 unspecified atom stereocenters. The Kier molecular flexibility index (Phi) is 5.96. The van der Waals surface area contributed by atoms with Gasteiger partial charge in [0.15, 0.2) is 0 Å². The number of furan rings is 2. The maximum Gasteiger partial charge on any atom is 0.143 e. The second kappa shape index (κ2) is 10.8. The van der Waals surface area contributed by atoms with Crippen molar-refractivity contribution in [3.63, 3.8) is 0 Å². The number of hydrogen-bond acceptors (Lipinski definition) is 2. The lowest BCUT2D eigenvalue weighted by molar-refractivity contribution is 0.665. The van der Waals surface area contributed by atoms with Gasteiger partial charge in [-0.25, -0.2) is 0 Å². The third-order valence-electron chi connectivity index (χ3n) is 10.4. The van der Waals surface area contributed by atoms with Crippen LogP contribution in [0, 0.1) is 0 Å². The Morgan fingerprint density at radius 3 is 1.59 bits per heavy atom. The molecule has 0 spiro atoms. The molecule has 0 aliphatic heterocycles. The Hall–Kier alpha value is -6.84. The van der Waals surface area contributed by atoms with Crippen LogP contribution in [0.2, 0.25) is 0 Å². The monoisotopic (exact) mass is 651 g/mol. The van der Waals surface area contributed by atoms with Crippen LogP contribution in [0.5, 0.6) is 0 Å². The molecule has 0 radical (unpaired) electrons. The van der Waals surface area contributed by atoms with Crippen LogP contribution >= 0.6 is 0 Å². The van der Waals surface area contributed by atoms with Gasteiger partial charge in [0.2, 0.25) is 0 Å². The smallest absolute Gasteiger partial charge is 0.143 e. The molecule has 3 heterocycles. The number of hydrogen-bond donors (Lipinski definition) is 1. The number of aromatic amines is 1. The first-order chi connectivity index (χ1) is 25.3. The Labute approximate surface area is 293 Å². The molecule has 1 N–H and O–H groups in total. The van der Waals surface area contributed by atoms with Crippen molar-refractivity contribution in [3.05, 3.63) is 170 Å². The van der Waals surface area contributed by atoms with Crippen LogP contribution in [-0.2, 0) is 0 Å². The molecule has 0 saturated heterocycles. The van der Waals surface area contributed by atoms with E-state index >= 15 is 0 Å². The Bertz CT molecular complexity index is 3140. The fourth-order valence-corrected chi connectivity index (χ4v) is 8.07. The second-order valence-electron chi connectivity index (χ2n) is 13.3. The molecular formula is C48H29NO2. The molecule has 11 aromatic rings. The Morgan fingerprint density at radius 1 is 0.314 bits per heavy atom. The van der Waals surface area contributed by atoms with Crippen LogP contribution < -0.4 is 0 Å². The number of H-pyrrole nitrogens is 1. The third-order valence-corrected chi connectivity index (χ3v) is 10.4. The van der Waals surface area contributed by atoms with Crippen molar-refractivity contribution in [1.82, 2.24) is 4.98 Å². The first-order valence-electron chi connectivity index (χ1n) is 17.3. The average molecular weight is 652 g/mol. The highest BCUT2D eigenvalue weighted by Gasteiger charge is 2.20. The van der Waals surface area contributed by atoms with E-state index in [1.807, 2.05) is 12.1 Å². The van der Waals surface area contributed by atoms with E-state index in [1.54, 1.807) is 0 Å². The molecule has 11 rings (SSSR count). The molecule has 0 saturated carbocycles. The highest BCUT2D eigenvalue weighted by Crippen LogP contribution is 2.44. The molecular weight excluding hydrogens is 623 g/mol. The normalized spacial score (nSPS) is 11.9. The first kappa shape index (κ1) is 28.0. The summed E-state index contributed by atoms with van der Waals surface area (Å²) in [5.74, 6) is 0. The number of rotatable bonds is 4. The van der Waals surface area contributed by atoms with Crippen molar-refractivity contribution in [2.24, 2.45) is 0 Å². The highest BCUT2D eigenvalue weighted by molar-refractivity contribution is 6.17. The summed E-state index contributed by atoms with van der Waals surface area (Å²) in [6.07, 6.45) is 0. The molecule has 8 aromatic carbocycles. The van der Waals surface area contributed by atoms with Crippen molar-refractivity contribution >= 4 is 65.7 Å². The van der Waals surface area contributed by atoms with Gasteiger partial charge in [-0.2, -0.15) is 0 Å². The van der Waals surface area contributed by atoms with E-state index in [-0.39, 0.29) is 0 Å². The second-order valence-corrected chi connectivity index (χ2v) is 13.3. The van der Waals surface area contributed by atoms with Crippen LogP contribution in [0.15, 0.2) is 179 Å². The van der Waals surface area contributed by atoms with Crippen molar-refractivity contribution in [3.8, 4) is 44.5 Å². The van der Waals surface area contributed by atoms with Gasteiger partial charge in [-0.3, -0.25) is 0 Å². The van der Waals surface area contributed by atoms with Crippen LogP contribution in [0.4, 0.5) is 0 Å². The van der Waals surface area contributed by atoms with Crippen molar-refractivity contribution < 1.29 is 8.83 Å². The van der Waals surface area contributed by atoms with Gasteiger partial charge < -0.3 is 13.8 Å². The summed E-state index contributed by atoms with van der Waals surface area (Å²) in [7, 11) is 0. The molecule has 0 aliphatic carbocycles. The zero-order valence-corrected chi connectivity index (χ0v) is 27.5. The quantitative estimate of drug-likeness (QED) is 0.206. The Balaban J connectivity index is 1.15. The van der Waals surface area contributed by atoms with Crippen LogP contribution in [0.3, 0.4) is 0 Å². The van der Waals surface area contributed by atoms with Gasteiger partial charge in [-0.15, -0.1) is 0 Å². The largest absolute Gasteiger partial charge is 0.455 e. The van der Waals surface area contributed by atoms with Crippen molar-refractivity contribution in [2.75, 3.05) is 0 Å². The SMILES string of the molecule is c1ccc(-c2cc(-c3cccc4c3[nH]c3ccccc34)cc(-c3cccc4c3oc3c(-c5cccc6c5oc5ccccc56)cccc34)c2)cc1. The molecule has 3 nitrogen and oxygen atoms in total. The third kappa shape index (κ3) is 4.25. The fourth-order valence-electron chi connectivity index (χ4n) is 8.07. The molecule has 0 amide bonds. The van der Waals surface area contributed by atoms with Crippen LogP contribution in [0.25, 0.3) is 110 Å². The summed E-state index contributed by atoms with van der Waals surface area (Å²) >= 11 is 0. The van der Waals surface area contributed by atoms with E-state index in [1.165, 1.54) is 21.9 Å². The molecule has 0 atom stereocenters. The standard InChI is InChI=1S/C48H29NO2/c1-2-12-29(13-3-1)30-26-31(33-16-8-18-37-35-14-4-6-24-43(35)49-45(33)37)28-32(27-30)34-17-9-20-39-41-22-11-23-42(48(41)51-46(34)39)40-21-10-19-38-36-15-5-7-25-44(36)50-47(38)40/h1-28,49H. The van der Waals surface area contributed by atoms with Gasteiger partial charge >= 0.3 is 0 Å². The van der Waals surface area contributed by atoms with Crippen molar-refractivity contribution in [1.29, 1.82) is 0 Å². The number of fused-ring (bicyclic) bond motifs is 9. The maximum absolute atomic E-state index is 7.00. The minimum Gasteiger partial charge on any atom is -0.455 e. The van der Waals surface area contributed by atoms with Gasteiger partial charge in [-0.1, -0.05) is 140 Å². The molecule has 238 valence electrons. The summed E-state index contributed by atoms with van der Waals surface area (Å²) < 4.78 is 13.5. The Morgan fingerprint density at radius 2 is 0.824 bits per heavy atom. The molecule has 51 heavy (non-hydrogen) atoms. The maximum atomic E-state index is 7.00. The summed E-state index contributed by atoms with van der Waals surface area (Å²) in [5.41, 5.74) is 14.6. The zero-order valence-electron chi connectivity index (χ0n) is 27.5. The van der Waals surface area contributed by atoms with E-state index in [2.05, 4.69) is 163 Å². The van der Waals surface area contributed by atoms with E-state index < -0.39 is 0 Å². The van der Waals surface area contributed by atoms with Gasteiger partial charge in [0.25, 0.3) is 0 Å². The predicted molar refractivity (Wildman–Crippen MR) is 212 cm³/mol. The minimum absolute atomic E-state index is 0.857. The number of para-hydroxylation sites is 6.